The van der Waals surface area contributed by atoms with E-state index in [1.807, 2.05) is 36.4 Å². The molecule has 2 aromatic carbocycles. The molecule has 0 aliphatic heterocycles. The number of nitrogens with one attached hydrogen (secondary N) is 1. The van der Waals surface area contributed by atoms with Crippen molar-refractivity contribution in [2.24, 2.45) is 0 Å². The summed E-state index contributed by atoms with van der Waals surface area (Å²) in [5.41, 5.74) is 2.07. The van der Waals surface area contributed by atoms with Crippen molar-refractivity contribution in [1.29, 1.82) is 0 Å². The maximum atomic E-state index is 12.7. The van der Waals surface area contributed by atoms with Gasteiger partial charge in [-0.15, -0.1) is 0 Å². The number of methoxy groups -OCH3 is 2. The molecule has 0 fully saturated rings. The molecule has 0 aliphatic rings. The van der Waals surface area contributed by atoms with Crippen LogP contribution >= 0.6 is 0 Å². The molecule has 6 heteroatoms. The first-order valence-electron chi connectivity index (χ1n) is 8.15. The van der Waals surface area contributed by atoms with Crippen molar-refractivity contribution in [2.45, 2.75) is 13.5 Å². The van der Waals surface area contributed by atoms with Gasteiger partial charge in [-0.25, -0.2) is 0 Å². The fourth-order valence-electron chi connectivity index (χ4n) is 2.89. The fourth-order valence-corrected chi connectivity index (χ4v) is 2.89. The largest absolute Gasteiger partial charge is 0.493 e. The number of hydrogen-bond acceptors (Lipinski definition) is 4. The average Bonchev–Trinajstić information content (AvgIpc) is 3.06. The van der Waals surface area contributed by atoms with Gasteiger partial charge in [-0.05, 0) is 23.8 Å². The molecule has 6 nitrogen and oxygen atoms in total. The SMILES string of the molecule is COc1ccc(CNC(=O)c2cn(C(C)=O)c3ccccc23)cc1OC. The van der Waals surface area contributed by atoms with Gasteiger partial charge < -0.3 is 14.8 Å². The number of nitrogens with zero attached hydrogens (tertiary/aromatic N) is 1. The Labute approximate surface area is 151 Å². The highest BCUT2D eigenvalue weighted by Crippen LogP contribution is 2.27. The molecule has 1 N–H and O–H groups in total. The van der Waals surface area contributed by atoms with Crippen LogP contribution in [0.25, 0.3) is 10.9 Å². The van der Waals surface area contributed by atoms with Crippen LogP contribution in [0.5, 0.6) is 11.5 Å². The Morgan fingerprint density at radius 3 is 2.46 bits per heavy atom. The summed E-state index contributed by atoms with van der Waals surface area (Å²) in [5, 5.41) is 3.63. The molecule has 0 unspecified atom stereocenters. The van der Waals surface area contributed by atoms with Gasteiger partial charge in [0, 0.05) is 25.1 Å². The standard InChI is InChI=1S/C20H20N2O4/c1-13(23)22-12-16(15-6-4-5-7-17(15)22)20(24)21-11-14-8-9-18(25-2)19(10-14)26-3/h4-10,12H,11H2,1-3H3,(H,21,24). The molecule has 1 heterocycles. The molecular weight excluding hydrogens is 332 g/mol. The summed E-state index contributed by atoms with van der Waals surface area (Å²) in [6, 6.07) is 12.8. The van der Waals surface area contributed by atoms with E-state index in [0.29, 0.717) is 23.6 Å². The second-order valence-corrected chi connectivity index (χ2v) is 5.82. The Morgan fingerprint density at radius 1 is 1.04 bits per heavy atom. The smallest absolute Gasteiger partial charge is 0.253 e. The highest BCUT2D eigenvalue weighted by atomic mass is 16.5. The zero-order chi connectivity index (χ0) is 18.7. The van der Waals surface area contributed by atoms with Crippen molar-refractivity contribution in [1.82, 2.24) is 9.88 Å². The summed E-state index contributed by atoms with van der Waals surface area (Å²) in [5.74, 6) is 0.857. The van der Waals surface area contributed by atoms with E-state index < -0.39 is 0 Å². The normalized spacial score (nSPS) is 10.6. The number of carbonyl (C=O) groups excluding carboxylic acids is 2. The summed E-state index contributed by atoms with van der Waals surface area (Å²) < 4.78 is 12.0. The number of carbonyl (C=O) groups is 2. The van der Waals surface area contributed by atoms with Crippen LogP contribution in [0, 0.1) is 0 Å². The molecule has 0 radical (unpaired) electrons. The zero-order valence-corrected chi connectivity index (χ0v) is 14.9. The second-order valence-electron chi connectivity index (χ2n) is 5.82. The van der Waals surface area contributed by atoms with Crippen molar-refractivity contribution in [3.8, 4) is 11.5 Å². The Morgan fingerprint density at radius 2 is 1.77 bits per heavy atom. The van der Waals surface area contributed by atoms with E-state index in [4.69, 9.17) is 9.47 Å². The summed E-state index contributed by atoms with van der Waals surface area (Å²) in [4.78, 5) is 24.5. The highest BCUT2D eigenvalue weighted by Gasteiger charge is 2.16. The molecule has 26 heavy (non-hydrogen) atoms. The minimum Gasteiger partial charge on any atom is -0.493 e. The third-order valence-electron chi connectivity index (χ3n) is 4.20. The van der Waals surface area contributed by atoms with Gasteiger partial charge in [0.1, 0.15) is 0 Å². The number of para-hydroxylation sites is 1. The third-order valence-corrected chi connectivity index (χ3v) is 4.20. The molecule has 1 amide bonds. The Bertz CT molecular complexity index is 975. The van der Waals surface area contributed by atoms with Crippen LogP contribution in [0.4, 0.5) is 0 Å². The van der Waals surface area contributed by atoms with Crippen LogP contribution in [-0.2, 0) is 6.54 Å². The lowest BCUT2D eigenvalue weighted by molar-refractivity contribution is 0.0941. The first kappa shape index (κ1) is 17.5. The zero-order valence-electron chi connectivity index (χ0n) is 14.9. The number of hydrogen-bond donors (Lipinski definition) is 1. The van der Waals surface area contributed by atoms with E-state index in [2.05, 4.69) is 5.32 Å². The first-order valence-corrected chi connectivity index (χ1v) is 8.15. The van der Waals surface area contributed by atoms with Crippen molar-refractivity contribution in [3.05, 3.63) is 59.8 Å². The molecule has 1 aromatic heterocycles. The van der Waals surface area contributed by atoms with Crippen LogP contribution in [0.15, 0.2) is 48.7 Å². The van der Waals surface area contributed by atoms with E-state index in [0.717, 1.165) is 16.5 Å². The van der Waals surface area contributed by atoms with Gasteiger partial charge in [0.2, 0.25) is 5.91 Å². The fraction of sp³-hybridized carbons (Fsp3) is 0.200. The monoisotopic (exact) mass is 352 g/mol. The predicted octanol–water partition coefficient (Wildman–Crippen LogP) is 3.25. The number of ether oxygens (including phenoxy) is 2. The number of amides is 1. The van der Waals surface area contributed by atoms with Crippen LogP contribution in [0.3, 0.4) is 0 Å². The summed E-state index contributed by atoms with van der Waals surface area (Å²) in [6.07, 6.45) is 1.58. The molecule has 3 aromatic rings. The van der Waals surface area contributed by atoms with Crippen LogP contribution in [0.1, 0.15) is 27.6 Å². The van der Waals surface area contributed by atoms with E-state index in [9.17, 15) is 9.59 Å². The van der Waals surface area contributed by atoms with Crippen molar-refractivity contribution in [3.63, 3.8) is 0 Å². The van der Waals surface area contributed by atoms with Crippen LogP contribution < -0.4 is 14.8 Å². The molecule has 0 bridgehead atoms. The summed E-state index contributed by atoms with van der Waals surface area (Å²) >= 11 is 0. The predicted molar refractivity (Wildman–Crippen MR) is 99.0 cm³/mol. The first-order chi connectivity index (χ1) is 12.5. The Kier molecular flexibility index (Phi) is 4.93. The third kappa shape index (κ3) is 3.26. The van der Waals surface area contributed by atoms with E-state index in [1.165, 1.54) is 11.5 Å². The summed E-state index contributed by atoms with van der Waals surface area (Å²) in [7, 11) is 3.14. The van der Waals surface area contributed by atoms with Gasteiger partial charge in [-0.1, -0.05) is 24.3 Å². The van der Waals surface area contributed by atoms with Crippen molar-refractivity contribution < 1.29 is 19.1 Å². The quantitative estimate of drug-likeness (QED) is 0.765. The van der Waals surface area contributed by atoms with Crippen LogP contribution in [-0.4, -0.2) is 30.6 Å². The lowest BCUT2D eigenvalue weighted by Crippen LogP contribution is -2.22. The Balaban J connectivity index is 1.83. The van der Waals surface area contributed by atoms with Gasteiger partial charge in [0.25, 0.3) is 5.91 Å². The van der Waals surface area contributed by atoms with Crippen LogP contribution in [0.2, 0.25) is 0 Å². The molecule has 134 valence electrons. The lowest BCUT2D eigenvalue weighted by atomic mass is 10.1. The maximum Gasteiger partial charge on any atom is 0.253 e. The minimum absolute atomic E-state index is 0.139. The van der Waals surface area contributed by atoms with E-state index in [1.54, 1.807) is 26.5 Å². The molecule has 0 saturated heterocycles. The molecule has 3 rings (SSSR count). The molecule has 0 spiro atoms. The average molecular weight is 352 g/mol. The summed E-state index contributed by atoms with van der Waals surface area (Å²) in [6.45, 7) is 1.80. The highest BCUT2D eigenvalue weighted by molar-refractivity contribution is 6.09. The minimum atomic E-state index is -0.240. The van der Waals surface area contributed by atoms with Gasteiger partial charge >= 0.3 is 0 Å². The topological polar surface area (TPSA) is 69.6 Å². The molecule has 0 aliphatic carbocycles. The van der Waals surface area contributed by atoms with E-state index in [-0.39, 0.29) is 11.8 Å². The van der Waals surface area contributed by atoms with Crippen molar-refractivity contribution in [2.75, 3.05) is 14.2 Å². The number of benzene rings is 2. The number of rotatable bonds is 5. The Hall–Kier alpha value is -3.28. The van der Waals surface area contributed by atoms with Gasteiger partial charge in [0.15, 0.2) is 11.5 Å². The maximum absolute atomic E-state index is 12.7. The molecule has 0 atom stereocenters. The lowest BCUT2D eigenvalue weighted by Gasteiger charge is -2.10. The molecular formula is C20H20N2O4. The molecule has 0 saturated carbocycles. The second kappa shape index (κ2) is 7.31. The number of fused-ring (bicyclic) bond motifs is 1. The van der Waals surface area contributed by atoms with E-state index >= 15 is 0 Å². The van der Waals surface area contributed by atoms with Gasteiger partial charge in [-0.2, -0.15) is 0 Å². The van der Waals surface area contributed by atoms with Crippen molar-refractivity contribution >= 4 is 22.7 Å². The van der Waals surface area contributed by atoms with Gasteiger partial charge in [0.05, 0.1) is 25.3 Å². The number of aromatic nitrogens is 1. The van der Waals surface area contributed by atoms with Gasteiger partial charge in [-0.3, -0.25) is 14.2 Å².